The molecule has 356 valence electrons. The molecule has 16 nitrogen and oxygen atoms in total. The smallest absolute Gasteiger partial charge is 0.254 e. The number of likely N-dealkylation sites (tertiary alicyclic amines) is 1. The van der Waals surface area contributed by atoms with Crippen LogP contribution in [0.1, 0.15) is 73.7 Å². The van der Waals surface area contributed by atoms with Crippen LogP contribution >= 0.6 is 11.3 Å². The molecule has 8 rings (SSSR count). The van der Waals surface area contributed by atoms with E-state index in [1.165, 1.54) is 0 Å². The minimum atomic E-state index is -0.580. The Morgan fingerprint density at radius 3 is 2.42 bits per heavy atom. The maximum atomic E-state index is 15.6. The zero-order valence-electron chi connectivity index (χ0n) is 38.3. The molecule has 1 aromatic carbocycles. The van der Waals surface area contributed by atoms with Crippen molar-refractivity contribution in [3.63, 3.8) is 0 Å². The number of fused-ring (bicyclic) bond motifs is 2. The average molecular weight is 931 g/mol. The first-order valence-corrected chi connectivity index (χ1v) is 24.3. The fourth-order valence-electron chi connectivity index (χ4n) is 9.28. The van der Waals surface area contributed by atoms with Gasteiger partial charge >= 0.3 is 0 Å². The zero-order chi connectivity index (χ0) is 46.0. The molecule has 1 aliphatic carbocycles. The van der Waals surface area contributed by atoms with Crippen molar-refractivity contribution in [1.82, 2.24) is 40.0 Å². The number of carbonyl (C=O) groups is 3. The second-order valence-corrected chi connectivity index (χ2v) is 18.5. The molecule has 18 heteroatoms. The molecule has 4 aromatic heterocycles. The number of hydrogen-bond donors (Lipinski definition) is 2. The lowest BCUT2D eigenvalue weighted by atomic mass is 9.83. The highest BCUT2D eigenvalue weighted by Gasteiger charge is 2.36. The van der Waals surface area contributed by atoms with Gasteiger partial charge in [-0.25, -0.2) is 4.39 Å². The zero-order valence-corrected chi connectivity index (χ0v) is 39.1. The van der Waals surface area contributed by atoms with Gasteiger partial charge < -0.3 is 48.5 Å². The Labute approximate surface area is 389 Å². The minimum absolute atomic E-state index is 0.0853. The number of ether oxygens (including phenoxy) is 4. The van der Waals surface area contributed by atoms with Gasteiger partial charge in [-0.1, -0.05) is 19.3 Å². The Morgan fingerprint density at radius 2 is 1.65 bits per heavy atom. The van der Waals surface area contributed by atoms with E-state index in [2.05, 4.69) is 25.7 Å². The van der Waals surface area contributed by atoms with Gasteiger partial charge in [0.15, 0.2) is 11.6 Å². The third kappa shape index (κ3) is 11.5. The van der Waals surface area contributed by atoms with Crippen molar-refractivity contribution in [2.75, 3.05) is 79.4 Å². The summed E-state index contributed by atoms with van der Waals surface area (Å²) in [6, 6.07) is 9.93. The van der Waals surface area contributed by atoms with Gasteiger partial charge in [0.1, 0.15) is 24.5 Å². The quantitative estimate of drug-likeness (QED) is 0.0904. The molecule has 66 heavy (non-hydrogen) atoms. The molecule has 3 amide bonds. The molecule has 2 N–H and O–H groups in total. The SMILES string of the molecule is CN[C@@H](C)C(=O)N[C@H](C(=O)N1CCN(C(=O)c2ccc3c(c2)c(F)c(C)n3CCOCCOCCOc2cc(CN3CCC(Oc4ccnc5ccsc45)CC3)on2)CC1)C1CCCCC1. The molecule has 1 saturated carbocycles. The van der Waals surface area contributed by atoms with E-state index in [9.17, 15) is 14.4 Å². The van der Waals surface area contributed by atoms with Gasteiger partial charge in [0.2, 0.25) is 11.8 Å². The van der Waals surface area contributed by atoms with Crippen molar-refractivity contribution in [2.45, 2.75) is 90.1 Å². The van der Waals surface area contributed by atoms with Gasteiger partial charge in [0.05, 0.1) is 60.4 Å². The number of nitrogens with zero attached hydrogens (tertiary/aromatic N) is 6. The number of likely N-dealkylation sites (N-methyl/N-ethyl adjacent to an activating group) is 1. The van der Waals surface area contributed by atoms with Crippen molar-refractivity contribution in [1.29, 1.82) is 0 Å². The van der Waals surface area contributed by atoms with Crippen LogP contribution in [0, 0.1) is 18.7 Å². The highest BCUT2D eigenvalue weighted by Crippen LogP contribution is 2.32. The number of hydrogen-bond acceptors (Lipinski definition) is 13. The summed E-state index contributed by atoms with van der Waals surface area (Å²) in [7, 11) is 1.72. The molecule has 0 unspecified atom stereocenters. The second kappa shape index (κ2) is 22.6. The van der Waals surface area contributed by atoms with E-state index in [0.717, 1.165) is 79.8 Å². The molecule has 6 heterocycles. The van der Waals surface area contributed by atoms with Gasteiger partial charge in [0, 0.05) is 69.0 Å². The molecule has 5 aromatic rings. The maximum Gasteiger partial charge on any atom is 0.254 e. The first-order valence-electron chi connectivity index (χ1n) is 23.5. The summed E-state index contributed by atoms with van der Waals surface area (Å²) in [5.74, 6) is 1.33. The molecule has 2 atom stereocenters. The van der Waals surface area contributed by atoms with Crippen molar-refractivity contribution < 1.29 is 42.2 Å². The van der Waals surface area contributed by atoms with Crippen LogP contribution in [0.2, 0.25) is 0 Å². The number of piperidine rings is 1. The lowest BCUT2D eigenvalue weighted by Crippen LogP contribution is -2.59. The number of aromatic nitrogens is 3. The molecule has 3 fully saturated rings. The summed E-state index contributed by atoms with van der Waals surface area (Å²) in [4.78, 5) is 50.6. The topological polar surface area (TPSA) is 166 Å². The monoisotopic (exact) mass is 930 g/mol. The van der Waals surface area contributed by atoms with Gasteiger partial charge in [-0.05, 0) is 93.4 Å². The molecule has 3 aliphatic rings. The highest BCUT2D eigenvalue weighted by molar-refractivity contribution is 7.17. The third-order valence-electron chi connectivity index (χ3n) is 13.2. The predicted molar refractivity (Wildman–Crippen MR) is 248 cm³/mol. The Hall–Kier alpha value is -5.14. The third-order valence-corrected chi connectivity index (χ3v) is 14.2. The van der Waals surface area contributed by atoms with Crippen LogP contribution < -0.4 is 20.1 Å². The Kier molecular flexibility index (Phi) is 16.2. The van der Waals surface area contributed by atoms with Crippen LogP contribution in [-0.2, 0) is 32.2 Å². The van der Waals surface area contributed by atoms with Crippen molar-refractivity contribution in [3.8, 4) is 11.6 Å². The Morgan fingerprint density at radius 1 is 0.909 bits per heavy atom. The van der Waals surface area contributed by atoms with Crippen molar-refractivity contribution in [3.05, 3.63) is 70.8 Å². The van der Waals surface area contributed by atoms with Gasteiger partial charge in [-0.3, -0.25) is 24.3 Å². The number of rotatable bonds is 20. The summed E-state index contributed by atoms with van der Waals surface area (Å²) in [5.41, 5.74) is 2.52. The minimum Gasteiger partial charge on any atom is -0.489 e. The normalized spacial score (nSPS) is 17.6. The van der Waals surface area contributed by atoms with E-state index < -0.39 is 12.1 Å². The molecular weight excluding hydrogens is 868 g/mol. The lowest BCUT2D eigenvalue weighted by molar-refractivity contribution is -0.140. The Balaban J connectivity index is 0.715. The van der Waals surface area contributed by atoms with E-state index in [1.807, 2.05) is 28.1 Å². The molecule has 2 aliphatic heterocycles. The van der Waals surface area contributed by atoms with Gasteiger partial charge in [0.25, 0.3) is 11.8 Å². The van der Waals surface area contributed by atoms with E-state index in [-0.39, 0.29) is 35.6 Å². The van der Waals surface area contributed by atoms with Crippen LogP contribution in [0.25, 0.3) is 21.1 Å². The molecular formula is C48H63FN8O8S. The number of benzene rings is 1. The van der Waals surface area contributed by atoms with E-state index in [0.29, 0.717) is 100 Å². The van der Waals surface area contributed by atoms with Crippen LogP contribution in [-0.4, -0.2) is 145 Å². The van der Waals surface area contributed by atoms with Crippen molar-refractivity contribution >= 4 is 50.2 Å². The van der Waals surface area contributed by atoms with E-state index in [1.54, 1.807) is 66.4 Å². The summed E-state index contributed by atoms with van der Waals surface area (Å²) < 4.78 is 47.7. The fourth-order valence-corrected chi connectivity index (χ4v) is 10.1. The summed E-state index contributed by atoms with van der Waals surface area (Å²) in [6.45, 7) is 9.56. The van der Waals surface area contributed by atoms with Gasteiger partial charge in [-0.15, -0.1) is 11.3 Å². The first kappa shape index (κ1) is 47.4. The summed E-state index contributed by atoms with van der Waals surface area (Å²) in [6.07, 6.45) is 8.86. The number of piperazine rings is 1. The fraction of sp³-hybridized carbons (Fsp3) is 0.562. The number of carbonyl (C=O) groups excluding carboxylic acids is 3. The van der Waals surface area contributed by atoms with Crippen LogP contribution in [0.5, 0.6) is 11.6 Å². The standard InChI is InChI=1S/C48H63FN8O8S/c1-32(50-3)46(58)52-44(34-7-5-4-6-8-34)48(60)56-20-18-55(19-21-56)47(59)35-9-10-40-38(29-35)43(49)33(2)57(40)22-23-61-24-25-62-26-27-63-42-30-37(65-53-42)31-54-16-12-36(13-17-54)64-41-11-15-51-39-14-28-66-45(39)41/h9-11,14-15,28-30,32,34,36,44,50H,4-8,12-13,16-27,31H2,1-3H3,(H,52,58)/t32-,44-/m0/s1. The largest absolute Gasteiger partial charge is 0.489 e. The molecule has 0 spiro atoms. The van der Waals surface area contributed by atoms with Gasteiger partial charge in [-0.2, -0.15) is 0 Å². The summed E-state index contributed by atoms with van der Waals surface area (Å²) in [5, 5.41) is 12.5. The number of halogens is 1. The summed E-state index contributed by atoms with van der Waals surface area (Å²) >= 11 is 1.65. The number of pyridine rings is 1. The predicted octanol–water partition coefficient (Wildman–Crippen LogP) is 5.80. The second-order valence-electron chi connectivity index (χ2n) is 17.5. The first-order chi connectivity index (χ1) is 32.2. The molecule has 0 bridgehead atoms. The number of amides is 3. The average Bonchev–Trinajstić information content (AvgIpc) is 4.08. The Bertz CT molecular complexity index is 2400. The van der Waals surface area contributed by atoms with E-state index >= 15 is 4.39 Å². The van der Waals surface area contributed by atoms with Crippen LogP contribution in [0.3, 0.4) is 0 Å². The lowest BCUT2D eigenvalue weighted by Gasteiger charge is -2.39. The number of nitrogens with one attached hydrogen (secondary N) is 2. The highest BCUT2D eigenvalue weighted by atomic mass is 32.1. The maximum absolute atomic E-state index is 15.6. The van der Waals surface area contributed by atoms with Crippen LogP contribution in [0.4, 0.5) is 4.39 Å². The van der Waals surface area contributed by atoms with Crippen LogP contribution in [0.15, 0.2) is 52.5 Å². The van der Waals surface area contributed by atoms with Crippen molar-refractivity contribution in [2.24, 2.45) is 5.92 Å². The number of thiophene rings is 1. The molecule has 2 saturated heterocycles. The molecule has 0 radical (unpaired) electrons. The van der Waals surface area contributed by atoms with E-state index in [4.69, 9.17) is 23.5 Å².